The number of benzene rings is 3. The molecule has 6 heteroatoms. The Hall–Kier alpha value is -3.77. The molecule has 4 aromatic rings. The van der Waals surface area contributed by atoms with Crippen molar-refractivity contribution in [2.45, 2.75) is 38.6 Å². The number of amides is 1. The minimum atomic E-state index is -0.422. The number of rotatable bonds is 5. The van der Waals surface area contributed by atoms with Gasteiger partial charge in [0.2, 0.25) is 0 Å². The zero-order valence-electron chi connectivity index (χ0n) is 20.7. The minimum Gasteiger partial charge on any atom is -0.452 e. The molecule has 0 N–H and O–H groups in total. The van der Waals surface area contributed by atoms with Crippen molar-refractivity contribution >= 4 is 39.7 Å². The normalized spacial score (nSPS) is 18.9. The van der Waals surface area contributed by atoms with Crippen molar-refractivity contribution in [1.29, 1.82) is 0 Å². The van der Waals surface area contributed by atoms with E-state index in [1.807, 2.05) is 47.8 Å². The third kappa shape index (κ3) is 4.69. The van der Waals surface area contributed by atoms with E-state index in [4.69, 9.17) is 9.84 Å². The van der Waals surface area contributed by atoms with Gasteiger partial charge in [-0.1, -0.05) is 73.7 Å². The predicted molar refractivity (Wildman–Crippen MR) is 147 cm³/mol. The molecule has 1 aliphatic carbocycles. The van der Waals surface area contributed by atoms with Crippen LogP contribution < -0.4 is 0 Å². The Morgan fingerprint density at radius 2 is 1.78 bits per heavy atom. The number of ether oxygens (including phenoxy) is 1. The maximum Gasteiger partial charge on any atom is 0.339 e. The van der Waals surface area contributed by atoms with Gasteiger partial charge in [0, 0.05) is 16.7 Å². The first-order valence-corrected chi connectivity index (χ1v) is 13.6. The summed E-state index contributed by atoms with van der Waals surface area (Å²) in [5.41, 5.74) is 4.55. The van der Waals surface area contributed by atoms with E-state index in [9.17, 15) is 9.59 Å². The van der Waals surface area contributed by atoms with Gasteiger partial charge in [-0.2, -0.15) is 5.10 Å². The van der Waals surface area contributed by atoms with Crippen LogP contribution in [0.4, 0.5) is 0 Å². The van der Waals surface area contributed by atoms with Crippen molar-refractivity contribution < 1.29 is 14.3 Å². The monoisotopic (exact) mass is 508 g/mol. The van der Waals surface area contributed by atoms with Gasteiger partial charge in [0.25, 0.3) is 5.91 Å². The highest BCUT2D eigenvalue weighted by molar-refractivity contribution is 7.10. The third-order valence-corrected chi connectivity index (χ3v) is 8.43. The van der Waals surface area contributed by atoms with Gasteiger partial charge in [0.15, 0.2) is 6.61 Å². The van der Waals surface area contributed by atoms with E-state index in [-0.39, 0.29) is 18.6 Å². The lowest BCUT2D eigenvalue weighted by Gasteiger charge is -2.22. The number of hydrogen-bond acceptors (Lipinski definition) is 5. The maximum absolute atomic E-state index is 13.4. The number of carbonyl (C=O) groups excluding carboxylic acids is 2. The molecular formula is C31H28N2O3S. The molecule has 3 aromatic carbocycles. The van der Waals surface area contributed by atoms with E-state index in [1.165, 1.54) is 9.89 Å². The maximum atomic E-state index is 13.4. The van der Waals surface area contributed by atoms with Crippen LogP contribution in [0.15, 0.2) is 83.3 Å². The first-order valence-electron chi connectivity index (χ1n) is 12.8. The predicted octanol–water partition coefficient (Wildman–Crippen LogP) is 6.56. The van der Waals surface area contributed by atoms with Gasteiger partial charge in [0.05, 0.1) is 17.3 Å². The molecule has 37 heavy (non-hydrogen) atoms. The van der Waals surface area contributed by atoms with Gasteiger partial charge in [-0.15, -0.1) is 11.3 Å². The third-order valence-electron chi connectivity index (χ3n) is 7.38. The molecule has 0 saturated heterocycles. The van der Waals surface area contributed by atoms with Crippen LogP contribution in [-0.2, 0) is 22.4 Å². The molecule has 2 atom stereocenters. The van der Waals surface area contributed by atoms with E-state index in [0.29, 0.717) is 17.9 Å². The fourth-order valence-corrected chi connectivity index (χ4v) is 6.57. The summed E-state index contributed by atoms with van der Waals surface area (Å²) in [4.78, 5) is 27.6. The molecule has 0 fully saturated rings. The Morgan fingerprint density at radius 1 is 1.00 bits per heavy atom. The number of carbonyl (C=O) groups is 2. The van der Waals surface area contributed by atoms with Crippen molar-refractivity contribution in [2.24, 2.45) is 11.0 Å². The second-order valence-corrected chi connectivity index (χ2v) is 10.9. The highest BCUT2D eigenvalue weighted by atomic mass is 32.1. The van der Waals surface area contributed by atoms with Crippen LogP contribution in [-0.4, -0.2) is 29.2 Å². The SMILES string of the molecule is C[C@H]1CCc2c(C(=O)OCC(=O)N3N=C(c4ccc5ccccc5c4)C[C@H]3c3ccccc3)csc2C1. The molecule has 6 rings (SSSR count). The smallest absolute Gasteiger partial charge is 0.339 e. The summed E-state index contributed by atoms with van der Waals surface area (Å²) >= 11 is 1.62. The van der Waals surface area contributed by atoms with E-state index in [2.05, 4.69) is 37.3 Å². The van der Waals surface area contributed by atoms with Crippen molar-refractivity contribution in [1.82, 2.24) is 5.01 Å². The molecular weight excluding hydrogens is 480 g/mol. The van der Waals surface area contributed by atoms with Gasteiger partial charge in [-0.3, -0.25) is 4.79 Å². The summed E-state index contributed by atoms with van der Waals surface area (Å²) < 4.78 is 5.54. The average Bonchev–Trinajstić information content (AvgIpc) is 3.57. The minimum absolute atomic E-state index is 0.246. The van der Waals surface area contributed by atoms with Crippen LogP contribution in [0.3, 0.4) is 0 Å². The Kier molecular flexibility index (Phi) is 6.35. The molecule has 5 nitrogen and oxygen atoms in total. The Bertz CT molecular complexity index is 1510. The van der Waals surface area contributed by atoms with E-state index in [0.717, 1.165) is 52.4 Å². The number of hydrazone groups is 1. The summed E-state index contributed by atoms with van der Waals surface area (Å²) in [6.45, 7) is 1.91. The summed E-state index contributed by atoms with van der Waals surface area (Å²) in [6, 6.07) is 24.1. The van der Waals surface area contributed by atoms with Gasteiger partial charge >= 0.3 is 5.97 Å². The number of thiophene rings is 1. The molecule has 1 aliphatic heterocycles. The van der Waals surface area contributed by atoms with Crippen LogP contribution in [0.1, 0.15) is 57.7 Å². The lowest BCUT2D eigenvalue weighted by atomic mass is 9.88. The molecule has 1 amide bonds. The molecule has 0 radical (unpaired) electrons. The summed E-state index contributed by atoms with van der Waals surface area (Å²) in [6.07, 6.45) is 3.56. The van der Waals surface area contributed by atoms with E-state index in [1.54, 1.807) is 11.3 Å². The van der Waals surface area contributed by atoms with Crippen molar-refractivity contribution in [2.75, 3.05) is 6.61 Å². The first kappa shape index (κ1) is 23.6. The fraction of sp³-hybridized carbons (Fsp3) is 0.258. The molecule has 2 aliphatic rings. The highest BCUT2D eigenvalue weighted by Crippen LogP contribution is 2.35. The van der Waals surface area contributed by atoms with Crippen LogP contribution in [0.25, 0.3) is 10.8 Å². The molecule has 0 unspecified atom stereocenters. The zero-order valence-corrected chi connectivity index (χ0v) is 21.5. The second kappa shape index (κ2) is 9.94. The summed E-state index contributed by atoms with van der Waals surface area (Å²) in [7, 11) is 0. The van der Waals surface area contributed by atoms with Crippen LogP contribution in [0.2, 0.25) is 0 Å². The number of nitrogens with zero attached hydrogens (tertiary/aromatic N) is 2. The molecule has 1 aromatic heterocycles. The van der Waals surface area contributed by atoms with Gasteiger partial charge < -0.3 is 4.74 Å². The topological polar surface area (TPSA) is 59.0 Å². The standard InChI is InChI=1S/C31H28N2O3S/c1-20-11-14-25-26(19-37-29(25)15-20)31(35)36-18-30(34)33-28(22-8-3-2-4-9-22)17-27(32-33)24-13-12-21-7-5-6-10-23(21)16-24/h2-10,12-13,16,19-20,28H,11,14-15,17-18H2,1H3/t20-,28-/m0/s1. The van der Waals surface area contributed by atoms with Gasteiger partial charge in [0.1, 0.15) is 0 Å². The molecule has 0 bridgehead atoms. The number of esters is 1. The summed E-state index contributed by atoms with van der Waals surface area (Å²) in [5.74, 6) is -0.110. The van der Waals surface area contributed by atoms with E-state index < -0.39 is 5.97 Å². The highest BCUT2D eigenvalue weighted by Gasteiger charge is 2.34. The lowest BCUT2D eigenvalue weighted by molar-refractivity contribution is -0.136. The Morgan fingerprint density at radius 3 is 2.62 bits per heavy atom. The van der Waals surface area contributed by atoms with Crippen molar-refractivity contribution in [3.05, 3.63) is 105 Å². The lowest BCUT2D eigenvalue weighted by Crippen LogP contribution is -2.31. The van der Waals surface area contributed by atoms with Gasteiger partial charge in [-0.05, 0) is 58.7 Å². The van der Waals surface area contributed by atoms with E-state index >= 15 is 0 Å². The van der Waals surface area contributed by atoms with Crippen LogP contribution in [0, 0.1) is 5.92 Å². The largest absolute Gasteiger partial charge is 0.452 e. The number of hydrogen-bond donors (Lipinski definition) is 0. The number of fused-ring (bicyclic) bond motifs is 2. The Balaban J connectivity index is 1.23. The fourth-order valence-electron chi connectivity index (χ4n) is 5.34. The molecule has 0 saturated carbocycles. The molecule has 0 spiro atoms. The summed E-state index contributed by atoms with van der Waals surface area (Å²) in [5, 5.41) is 10.4. The Labute approximate surface area is 220 Å². The van der Waals surface area contributed by atoms with Crippen LogP contribution >= 0.6 is 11.3 Å². The zero-order chi connectivity index (χ0) is 25.4. The second-order valence-electron chi connectivity index (χ2n) is 9.95. The molecule has 186 valence electrons. The van der Waals surface area contributed by atoms with Gasteiger partial charge in [-0.25, -0.2) is 9.80 Å². The van der Waals surface area contributed by atoms with Crippen molar-refractivity contribution in [3.8, 4) is 0 Å². The van der Waals surface area contributed by atoms with Crippen molar-refractivity contribution in [3.63, 3.8) is 0 Å². The quantitative estimate of drug-likeness (QED) is 0.287. The molecule has 2 heterocycles. The first-order chi connectivity index (χ1) is 18.1. The van der Waals surface area contributed by atoms with Crippen LogP contribution in [0.5, 0.6) is 0 Å². The average molecular weight is 509 g/mol.